The molecule has 2 aromatic rings. The van der Waals surface area contributed by atoms with Crippen LogP contribution in [0.2, 0.25) is 0 Å². The van der Waals surface area contributed by atoms with Gasteiger partial charge in [0, 0.05) is 23.2 Å². The minimum absolute atomic E-state index is 0.264. The third-order valence-electron chi connectivity index (χ3n) is 3.70. The minimum Gasteiger partial charge on any atom is -0.341 e. The third-order valence-corrected chi connectivity index (χ3v) is 3.70. The monoisotopic (exact) mass is 341 g/mol. The number of halogens is 2. The van der Waals surface area contributed by atoms with Gasteiger partial charge in [0.1, 0.15) is 0 Å². The maximum Gasteiger partial charge on any atom is 0.222 e. The molecule has 0 atom stereocenters. The maximum absolute atomic E-state index is 13.3. The van der Waals surface area contributed by atoms with Crippen molar-refractivity contribution >= 4 is 0 Å². The van der Waals surface area contributed by atoms with Gasteiger partial charge in [0.2, 0.25) is 6.29 Å². The molecule has 128 valence electrons. The van der Waals surface area contributed by atoms with Gasteiger partial charge in [-0.15, -0.1) is 0 Å². The first-order chi connectivity index (χ1) is 12.2. The summed E-state index contributed by atoms with van der Waals surface area (Å²) in [4.78, 5) is 4.24. The molecule has 1 aromatic carbocycles. The fourth-order valence-electron chi connectivity index (χ4n) is 2.42. The van der Waals surface area contributed by atoms with Gasteiger partial charge in [-0.25, -0.2) is 8.78 Å². The quantitative estimate of drug-likeness (QED) is 0.612. The Kier molecular flexibility index (Phi) is 5.54. The van der Waals surface area contributed by atoms with E-state index in [0.29, 0.717) is 30.0 Å². The number of hydrogen-bond donors (Lipinski definition) is 0. The first-order valence-corrected chi connectivity index (χ1v) is 7.95. The topological polar surface area (TPSA) is 31.4 Å². The smallest absolute Gasteiger partial charge is 0.222 e. The fraction of sp³-hybridized carbons (Fsp3) is 0.250. The molecule has 0 N–H and O–H groups in total. The highest BCUT2D eigenvalue weighted by Gasteiger charge is 2.18. The second kappa shape index (κ2) is 8.02. The van der Waals surface area contributed by atoms with Gasteiger partial charge in [0.15, 0.2) is 11.6 Å². The van der Waals surface area contributed by atoms with E-state index in [0.717, 1.165) is 12.1 Å². The molecule has 1 aliphatic rings. The number of allylic oxidation sites excluding steroid dienone is 1. The van der Waals surface area contributed by atoms with Crippen LogP contribution in [0.1, 0.15) is 12.5 Å². The third kappa shape index (κ3) is 4.50. The predicted octanol–water partition coefficient (Wildman–Crippen LogP) is 3.94. The van der Waals surface area contributed by atoms with E-state index in [1.807, 2.05) is 19.1 Å². The fourth-order valence-corrected chi connectivity index (χ4v) is 2.42. The first kappa shape index (κ1) is 17.3. The molecule has 1 fully saturated rings. The zero-order valence-electron chi connectivity index (χ0n) is 13.7. The van der Waals surface area contributed by atoms with Crippen molar-refractivity contribution in [1.82, 2.24) is 4.98 Å². The lowest BCUT2D eigenvalue weighted by molar-refractivity contribution is -0.160. The number of rotatable bonds is 2. The molecule has 3 nitrogen and oxygen atoms in total. The van der Waals surface area contributed by atoms with Crippen molar-refractivity contribution in [3.8, 4) is 23.1 Å². The molecule has 1 aliphatic heterocycles. The summed E-state index contributed by atoms with van der Waals surface area (Å²) >= 11 is 0. The summed E-state index contributed by atoms with van der Waals surface area (Å²) in [7, 11) is 0. The maximum atomic E-state index is 13.3. The molecule has 25 heavy (non-hydrogen) atoms. The van der Waals surface area contributed by atoms with E-state index in [-0.39, 0.29) is 5.92 Å². The van der Waals surface area contributed by atoms with Crippen molar-refractivity contribution in [2.75, 3.05) is 13.2 Å². The Balaban J connectivity index is 1.65. The average Bonchev–Trinajstić information content (AvgIpc) is 2.64. The van der Waals surface area contributed by atoms with Crippen LogP contribution in [0.15, 0.2) is 48.7 Å². The van der Waals surface area contributed by atoms with E-state index in [1.165, 1.54) is 6.07 Å². The minimum atomic E-state index is -0.897. The summed E-state index contributed by atoms with van der Waals surface area (Å²) in [5, 5.41) is 0. The zero-order valence-corrected chi connectivity index (χ0v) is 13.7. The Bertz CT molecular complexity index is 814. The Hall–Kier alpha value is -2.55. The lowest BCUT2D eigenvalue weighted by Gasteiger charge is -2.24. The second-order valence-electron chi connectivity index (χ2n) is 5.61. The summed E-state index contributed by atoms with van der Waals surface area (Å²) < 4.78 is 37.3. The van der Waals surface area contributed by atoms with Crippen LogP contribution < -0.4 is 0 Å². The van der Waals surface area contributed by atoms with Crippen molar-refractivity contribution in [3.63, 3.8) is 0 Å². The van der Waals surface area contributed by atoms with Crippen LogP contribution in [-0.4, -0.2) is 24.5 Å². The van der Waals surface area contributed by atoms with Crippen molar-refractivity contribution < 1.29 is 18.3 Å². The molecule has 0 radical (unpaired) electrons. The lowest BCUT2D eigenvalue weighted by Crippen LogP contribution is -2.30. The van der Waals surface area contributed by atoms with Crippen LogP contribution in [0.4, 0.5) is 8.78 Å². The first-order valence-electron chi connectivity index (χ1n) is 7.95. The molecule has 0 aliphatic carbocycles. The molecule has 0 saturated carbocycles. The average molecular weight is 341 g/mol. The van der Waals surface area contributed by atoms with Gasteiger partial charge in [0.05, 0.1) is 18.9 Å². The highest BCUT2D eigenvalue weighted by Crippen LogP contribution is 2.19. The molecule has 0 bridgehead atoms. The number of aromatic nitrogens is 1. The summed E-state index contributed by atoms with van der Waals surface area (Å²) in [6, 6.07) is 7.16. The molecular weight excluding hydrogens is 324 g/mol. The lowest BCUT2D eigenvalue weighted by atomic mass is 10.1. The van der Waals surface area contributed by atoms with Crippen LogP contribution in [0.3, 0.4) is 0 Å². The van der Waals surface area contributed by atoms with Crippen molar-refractivity contribution in [3.05, 3.63) is 65.9 Å². The molecule has 1 saturated heterocycles. The summed E-state index contributed by atoms with van der Waals surface area (Å²) in [6.07, 6.45) is 5.05. The Morgan fingerprint density at radius 1 is 1.12 bits per heavy atom. The van der Waals surface area contributed by atoms with Gasteiger partial charge in [0.25, 0.3) is 0 Å². The zero-order chi connectivity index (χ0) is 17.6. The number of benzene rings is 1. The summed E-state index contributed by atoms with van der Waals surface area (Å²) in [6.45, 7) is 3.12. The molecular formula is C20H17F2NO2. The van der Waals surface area contributed by atoms with E-state index in [9.17, 15) is 8.78 Å². The molecule has 2 heterocycles. The number of pyridine rings is 1. The normalized spacial score (nSPS) is 20.3. The van der Waals surface area contributed by atoms with Crippen LogP contribution in [-0.2, 0) is 9.47 Å². The van der Waals surface area contributed by atoms with E-state index in [1.54, 1.807) is 18.3 Å². The largest absolute Gasteiger partial charge is 0.341 e. The molecule has 0 unspecified atom stereocenters. The van der Waals surface area contributed by atoms with E-state index in [2.05, 4.69) is 16.8 Å². The van der Waals surface area contributed by atoms with Gasteiger partial charge in [-0.2, -0.15) is 0 Å². The SMILES string of the molecule is CC=CC1COC(C#Cc2ccc(-c3ccc(F)c(F)c3)nc2)OC1. The number of hydrogen-bond acceptors (Lipinski definition) is 3. The van der Waals surface area contributed by atoms with Gasteiger partial charge < -0.3 is 9.47 Å². The van der Waals surface area contributed by atoms with Crippen LogP contribution in [0.5, 0.6) is 0 Å². The number of nitrogens with zero attached hydrogens (tertiary/aromatic N) is 1. The molecule has 0 spiro atoms. The van der Waals surface area contributed by atoms with Crippen molar-refractivity contribution in [2.24, 2.45) is 5.92 Å². The second-order valence-corrected chi connectivity index (χ2v) is 5.61. The Morgan fingerprint density at radius 2 is 1.92 bits per heavy atom. The number of ether oxygens (including phenoxy) is 2. The van der Waals surface area contributed by atoms with E-state index >= 15 is 0 Å². The van der Waals surface area contributed by atoms with Crippen LogP contribution >= 0.6 is 0 Å². The van der Waals surface area contributed by atoms with Gasteiger partial charge >= 0.3 is 0 Å². The standard InChI is InChI=1S/C20H17F2NO2/c1-2-3-15-12-24-20(25-13-15)9-5-14-4-8-19(23-11-14)16-6-7-17(21)18(22)10-16/h2-4,6-8,10-11,15,20H,12-13H2,1H3. The highest BCUT2D eigenvalue weighted by atomic mass is 19.2. The summed E-state index contributed by atoms with van der Waals surface area (Å²) in [5.74, 6) is 4.34. The Morgan fingerprint density at radius 3 is 2.56 bits per heavy atom. The van der Waals surface area contributed by atoms with E-state index < -0.39 is 17.9 Å². The van der Waals surface area contributed by atoms with Crippen LogP contribution in [0.25, 0.3) is 11.3 Å². The summed E-state index contributed by atoms with van der Waals surface area (Å²) in [5.41, 5.74) is 1.74. The molecule has 1 aromatic heterocycles. The Labute approximate surface area is 145 Å². The molecule has 5 heteroatoms. The van der Waals surface area contributed by atoms with Gasteiger partial charge in [-0.05, 0) is 43.2 Å². The van der Waals surface area contributed by atoms with Crippen molar-refractivity contribution in [2.45, 2.75) is 13.2 Å². The highest BCUT2D eigenvalue weighted by molar-refractivity contribution is 5.59. The van der Waals surface area contributed by atoms with E-state index in [4.69, 9.17) is 9.47 Å². The van der Waals surface area contributed by atoms with Crippen molar-refractivity contribution in [1.29, 1.82) is 0 Å². The van der Waals surface area contributed by atoms with Crippen LogP contribution in [0, 0.1) is 29.4 Å². The van der Waals surface area contributed by atoms with Gasteiger partial charge in [-0.3, -0.25) is 4.98 Å². The molecule has 3 rings (SSSR count). The predicted molar refractivity (Wildman–Crippen MR) is 90.5 cm³/mol. The molecule has 0 amide bonds. The van der Waals surface area contributed by atoms with Gasteiger partial charge in [-0.1, -0.05) is 18.1 Å².